The van der Waals surface area contributed by atoms with E-state index in [-0.39, 0.29) is 0 Å². The molecule has 7 heteroatoms. The third-order valence-corrected chi connectivity index (χ3v) is 5.53. The molecule has 0 aliphatic carbocycles. The summed E-state index contributed by atoms with van der Waals surface area (Å²) in [4.78, 5) is 14.6. The van der Waals surface area contributed by atoms with Gasteiger partial charge in [0, 0.05) is 26.7 Å². The highest BCUT2D eigenvalue weighted by Crippen LogP contribution is 2.35. The number of nitriles is 1. The molecule has 0 fully saturated rings. The van der Waals surface area contributed by atoms with Crippen LogP contribution in [-0.2, 0) is 0 Å². The number of pyridine rings is 1. The highest BCUT2D eigenvalue weighted by molar-refractivity contribution is 7.99. The maximum atomic E-state index is 9.89. The van der Waals surface area contributed by atoms with E-state index in [0.717, 1.165) is 10.5 Å². The SMILES string of the molecule is N#Cc1c(Sc2ccc(Cl)cc2)nc(-c2ccccn2)nc1-c1ccc(Cl)cc1. The van der Waals surface area contributed by atoms with Crippen molar-refractivity contribution in [2.24, 2.45) is 0 Å². The predicted octanol–water partition coefficient (Wildman–Crippen LogP) is 6.54. The molecule has 4 nitrogen and oxygen atoms in total. The Morgan fingerprint density at radius 3 is 2.14 bits per heavy atom. The van der Waals surface area contributed by atoms with E-state index in [2.05, 4.69) is 21.0 Å². The summed E-state index contributed by atoms with van der Waals surface area (Å²) < 4.78 is 0. The van der Waals surface area contributed by atoms with Crippen LogP contribution in [0.25, 0.3) is 22.8 Å². The van der Waals surface area contributed by atoms with Gasteiger partial charge in [-0.3, -0.25) is 4.98 Å². The van der Waals surface area contributed by atoms with Gasteiger partial charge in [-0.2, -0.15) is 5.26 Å². The lowest BCUT2D eigenvalue weighted by Crippen LogP contribution is -2.01. The van der Waals surface area contributed by atoms with Crippen LogP contribution in [0.5, 0.6) is 0 Å². The van der Waals surface area contributed by atoms with Crippen molar-refractivity contribution in [2.45, 2.75) is 9.92 Å². The van der Waals surface area contributed by atoms with Crippen LogP contribution in [0.4, 0.5) is 0 Å². The van der Waals surface area contributed by atoms with Crippen molar-refractivity contribution >= 4 is 35.0 Å². The van der Waals surface area contributed by atoms with Gasteiger partial charge in [0.15, 0.2) is 5.82 Å². The fourth-order valence-electron chi connectivity index (χ4n) is 2.66. The highest BCUT2D eigenvalue weighted by atomic mass is 35.5. The van der Waals surface area contributed by atoms with Crippen molar-refractivity contribution < 1.29 is 0 Å². The van der Waals surface area contributed by atoms with Crippen LogP contribution in [0, 0.1) is 11.3 Å². The van der Waals surface area contributed by atoms with Crippen LogP contribution in [0.15, 0.2) is 82.8 Å². The minimum atomic E-state index is 0.395. The number of benzene rings is 2. The molecule has 0 bridgehead atoms. The fourth-order valence-corrected chi connectivity index (χ4v) is 3.78. The maximum absolute atomic E-state index is 9.89. The summed E-state index contributed by atoms with van der Waals surface area (Å²) in [7, 11) is 0. The Balaban J connectivity index is 1.90. The van der Waals surface area contributed by atoms with Crippen LogP contribution in [-0.4, -0.2) is 15.0 Å². The van der Waals surface area contributed by atoms with Crippen molar-refractivity contribution in [3.8, 4) is 28.8 Å². The number of aromatic nitrogens is 3. The average molecular weight is 435 g/mol. The Kier molecular flexibility index (Phi) is 5.77. The summed E-state index contributed by atoms with van der Waals surface area (Å²) in [6.07, 6.45) is 1.69. The van der Waals surface area contributed by atoms with E-state index >= 15 is 0 Å². The van der Waals surface area contributed by atoms with Gasteiger partial charge in [-0.25, -0.2) is 9.97 Å². The fraction of sp³-hybridized carbons (Fsp3) is 0. The van der Waals surface area contributed by atoms with E-state index in [0.29, 0.717) is 37.8 Å². The zero-order chi connectivity index (χ0) is 20.2. The summed E-state index contributed by atoms with van der Waals surface area (Å²) in [6.45, 7) is 0. The molecule has 0 spiro atoms. The lowest BCUT2D eigenvalue weighted by molar-refractivity contribution is 1.03. The molecule has 2 heterocycles. The molecule has 0 aliphatic heterocycles. The van der Waals surface area contributed by atoms with E-state index in [1.807, 2.05) is 42.5 Å². The molecule has 2 aromatic carbocycles. The smallest absolute Gasteiger partial charge is 0.179 e. The van der Waals surface area contributed by atoms with Gasteiger partial charge in [-0.05, 0) is 48.5 Å². The Bertz CT molecular complexity index is 1190. The molecule has 0 aliphatic rings. The lowest BCUT2D eigenvalue weighted by atomic mass is 10.1. The molecular formula is C22H12Cl2N4S. The first-order valence-corrected chi connectivity index (χ1v) is 10.1. The molecular weight excluding hydrogens is 423 g/mol. The van der Waals surface area contributed by atoms with Gasteiger partial charge in [0.25, 0.3) is 0 Å². The van der Waals surface area contributed by atoms with E-state index < -0.39 is 0 Å². The molecule has 140 valence electrons. The van der Waals surface area contributed by atoms with Crippen LogP contribution in [0.1, 0.15) is 5.56 Å². The number of nitrogens with zero attached hydrogens (tertiary/aromatic N) is 4. The van der Waals surface area contributed by atoms with Crippen LogP contribution in [0.2, 0.25) is 10.0 Å². The predicted molar refractivity (Wildman–Crippen MR) is 116 cm³/mol. The quantitative estimate of drug-likeness (QED) is 0.341. The normalized spacial score (nSPS) is 10.5. The molecule has 0 amide bonds. The van der Waals surface area contributed by atoms with Gasteiger partial charge in [0.05, 0.1) is 5.69 Å². The third kappa shape index (κ3) is 4.41. The lowest BCUT2D eigenvalue weighted by Gasteiger charge is -2.11. The number of hydrogen-bond acceptors (Lipinski definition) is 5. The largest absolute Gasteiger partial charge is 0.253 e. The Labute approximate surface area is 182 Å². The van der Waals surface area contributed by atoms with Gasteiger partial charge in [0.2, 0.25) is 0 Å². The Morgan fingerprint density at radius 2 is 1.52 bits per heavy atom. The molecule has 2 aromatic heterocycles. The second-order valence-corrected chi connectivity index (χ2v) is 7.90. The van der Waals surface area contributed by atoms with Gasteiger partial charge in [-0.15, -0.1) is 0 Å². The first-order chi connectivity index (χ1) is 14.1. The van der Waals surface area contributed by atoms with Gasteiger partial charge < -0.3 is 0 Å². The summed E-state index contributed by atoms with van der Waals surface area (Å²) in [6, 6.07) is 22.4. The number of rotatable bonds is 4. The monoisotopic (exact) mass is 434 g/mol. The maximum Gasteiger partial charge on any atom is 0.179 e. The van der Waals surface area contributed by atoms with Gasteiger partial charge in [0.1, 0.15) is 22.4 Å². The van der Waals surface area contributed by atoms with Gasteiger partial charge in [-0.1, -0.05) is 53.2 Å². The number of hydrogen-bond donors (Lipinski definition) is 0. The van der Waals surface area contributed by atoms with E-state index in [1.165, 1.54) is 11.8 Å². The second kappa shape index (κ2) is 8.62. The van der Waals surface area contributed by atoms with E-state index in [9.17, 15) is 5.26 Å². The van der Waals surface area contributed by atoms with Crippen LogP contribution >= 0.6 is 35.0 Å². The summed E-state index contributed by atoms with van der Waals surface area (Å²) in [5, 5.41) is 11.7. The second-order valence-electron chi connectivity index (χ2n) is 5.97. The molecule has 0 unspecified atom stereocenters. The van der Waals surface area contributed by atoms with Gasteiger partial charge >= 0.3 is 0 Å². The first kappa shape index (κ1) is 19.4. The van der Waals surface area contributed by atoms with E-state index in [1.54, 1.807) is 30.5 Å². The third-order valence-electron chi connectivity index (χ3n) is 4.03. The van der Waals surface area contributed by atoms with Crippen molar-refractivity contribution in [1.29, 1.82) is 5.26 Å². The standard InChI is InChI=1S/C22H12Cl2N4S/c23-15-6-4-14(5-7-15)20-18(13-25)22(29-17-10-8-16(24)9-11-17)28-21(27-20)19-3-1-2-12-26-19/h1-12H. The van der Waals surface area contributed by atoms with Crippen molar-refractivity contribution in [1.82, 2.24) is 15.0 Å². The topological polar surface area (TPSA) is 62.5 Å². The molecule has 29 heavy (non-hydrogen) atoms. The number of halogens is 2. The summed E-state index contributed by atoms with van der Waals surface area (Å²) >= 11 is 13.4. The zero-order valence-electron chi connectivity index (χ0n) is 14.9. The molecule has 0 N–H and O–H groups in total. The minimum absolute atomic E-state index is 0.395. The molecule has 0 radical (unpaired) electrons. The highest BCUT2D eigenvalue weighted by Gasteiger charge is 2.18. The molecule has 4 rings (SSSR count). The van der Waals surface area contributed by atoms with Crippen molar-refractivity contribution in [3.05, 3.63) is 88.5 Å². The van der Waals surface area contributed by atoms with E-state index in [4.69, 9.17) is 23.2 Å². The van der Waals surface area contributed by atoms with Crippen LogP contribution < -0.4 is 0 Å². The first-order valence-electron chi connectivity index (χ1n) is 8.57. The molecule has 0 saturated heterocycles. The Hall–Kier alpha value is -2.91. The van der Waals surface area contributed by atoms with Crippen LogP contribution in [0.3, 0.4) is 0 Å². The zero-order valence-corrected chi connectivity index (χ0v) is 17.2. The molecule has 0 atom stereocenters. The van der Waals surface area contributed by atoms with Crippen molar-refractivity contribution in [2.75, 3.05) is 0 Å². The summed E-state index contributed by atoms with van der Waals surface area (Å²) in [5.41, 5.74) is 2.34. The van der Waals surface area contributed by atoms with Crippen molar-refractivity contribution in [3.63, 3.8) is 0 Å². The molecule has 0 saturated carbocycles. The molecule has 4 aromatic rings. The Morgan fingerprint density at radius 1 is 0.828 bits per heavy atom. The summed E-state index contributed by atoms with van der Waals surface area (Å²) in [5.74, 6) is 0.450. The average Bonchev–Trinajstić information content (AvgIpc) is 2.76. The minimum Gasteiger partial charge on any atom is -0.253 e.